The smallest absolute Gasteiger partial charge is 0.324 e. The first kappa shape index (κ1) is 23.7. The van der Waals surface area contributed by atoms with Crippen molar-refractivity contribution in [2.75, 3.05) is 13.7 Å². The van der Waals surface area contributed by atoms with E-state index in [4.69, 9.17) is 14.2 Å². The van der Waals surface area contributed by atoms with Crippen molar-refractivity contribution in [1.29, 1.82) is 0 Å². The largest absolute Gasteiger partial charge is 0.493 e. The highest BCUT2D eigenvalue weighted by molar-refractivity contribution is 7.89. The molecule has 1 atom stereocenters. The van der Waals surface area contributed by atoms with Gasteiger partial charge in [0, 0.05) is 10.9 Å². The molecule has 0 radical (unpaired) electrons. The summed E-state index contributed by atoms with van der Waals surface area (Å²) in [7, 11) is -2.25. The molecule has 0 aliphatic rings. The molecule has 0 aliphatic carbocycles. The summed E-state index contributed by atoms with van der Waals surface area (Å²) in [5, 5.41) is 2.51. The van der Waals surface area contributed by atoms with Gasteiger partial charge in [-0.25, -0.2) is 13.4 Å². The second-order valence-corrected chi connectivity index (χ2v) is 9.28. The molecule has 3 aromatic rings. The third-order valence-electron chi connectivity index (χ3n) is 4.36. The molecule has 0 spiro atoms. The average molecular weight is 477 g/mol. The zero-order valence-electron chi connectivity index (χ0n) is 17.9. The Morgan fingerprint density at radius 2 is 1.91 bits per heavy atom. The molecule has 0 saturated carbocycles. The van der Waals surface area contributed by atoms with Gasteiger partial charge in [-0.1, -0.05) is 18.2 Å². The Labute approximate surface area is 191 Å². The van der Waals surface area contributed by atoms with Crippen LogP contribution in [0.5, 0.6) is 11.5 Å². The summed E-state index contributed by atoms with van der Waals surface area (Å²) in [4.78, 5) is 16.9. The number of benzene rings is 2. The van der Waals surface area contributed by atoms with Crippen LogP contribution in [0.2, 0.25) is 0 Å². The van der Waals surface area contributed by atoms with Gasteiger partial charge in [-0.3, -0.25) is 4.79 Å². The van der Waals surface area contributed by atoms with E-state index >= 15 is 0 Å². The van der Waals surface area contributed by atoms with Crippen LogP contribution in [0.3, 0.4) is 0 Å². The lowest BCUT2D eigenvalue weighted by Gasteiger charge is -2.13. The van der Waals surface area contributed by atoms with Gasteiger partial charge in [0.05, 0.1) is 24.3 Å². The van der Waals surface area contributed by atoms with Gasteiger partial charge in [-0.2, -0.15) is 4.72 Å². The quantitative estimate of drug-likeness (QED) is 0.446. The van der Waals surface area contributed by atoms with Crippen LogP contribution in [-0.2, 0) is 26.2 Å². The van der Waals surface area contributed by atoms with Crippen molar-refractivity contribution < 1.29 is 27.4 Å². The van der Waals surface area contributed by atoms with E-state index in [1.165, 1.54) is 30.4 Å². The molecule has 0 amide bonds. The number of aromatic nitrogens is 1. The van der Waals surface area contributed by atoms with Crippen molar-refractivity contribution in [2.45, 2.75) is 31.4 Å². The molecule has 0 fully saturated rings. The van der Waals surface area contributed by atoms with Gasteiger partial charge in [0.1, 0.15) is 17.7 Å². The number of rotatable bonds is 10. The number of nitrogens with one attached hydrogen (secondary N) is 1. The highest BCUT2D eigenvalue weighted by Crippen LogP contribution is 2.33. The van der Waals surface area contributed by atoms with Gasteiger partial charge >= 0.3 is 5.97 Å². The van der Waals surface area contributed by atoms with Crippen LogP contribution in [0.4, 0.5) is 0 Å². The first-order valence-electron chi connectivity index (χ1n) is 9.83. The molecular formula is C22H24N2O6S2. The summed E-state index contributed by atoms with van der Waals surface area (Å²) < 4.78 is 43.2. The van der Waals surface area contributed by atoms with Crippen LogP contribution in [0.1, 0.15) is 19.5 Å². The summed E-state index contributed by atoms with van der Waals surface area (Å²) in [5.41, 5.74) is 1.40. The second kappa shape index (κ2) is 10.6. The number of carbonyl (C=O) groups is 1. The first-order valence-corrected chi connectivity index (χ1v) is 12.2. The molecule has 2 aromatic carbocycles. The second-order valence-electron chi connectivity index (χ2n) is 6.71. The van der Waals surface area contributed by atoms with Gasteiger partial charge in [0.15, 0.2) is 11.5 Å². The first-order chi connectivity index (χ1) is 15.3. The molecule has 3 rings (SSSR count). The Balaban J connectivity index is 1.61. The number of methoxy groups -OCH3 is 1. The lowest BCUT2D eigenvalue weighted by molar-refractivity contribution is -0.146. The van der Waals surface area contributed by atoms with Crippen molar-refractivity contribution in [3.05, 3.63) is 59.6 Å². The fourth-order valence-corrected chi connectivity index (χ4v) is 4.81. The molecule has 170 valence electrons. The van der Waals surface area contributed by atoms with Gasteiger partial charge in [-0.15, -0.1) is 11.3 Å². The van der Waals surface area contributed by atoms with Crippen LogP contribution >= 0.6 is 11.3 Å². The molecule has 8 nitrogen and oxygen atoms in total. The number of nitrogens with zero attached hydrogens (tertiary/aromatic N) is 1. The minimum absolute atomic E-state index is 0.0685. The van der Waals surface area contributed by atoms with Crippen LogP contribution in [0.15, 0.2) is 58.8 Å². The SMILES string of the molecule is CCOc1ccc(-c2nc(COC(=O)[C@H](C)NS(=O)(=O)c3ccccc3)cs2)cc1OC. The number of esters is 1. The topological polar surface area (TPSA) is 104 Å². The minimum atomic E-state index is -3.82. The van der Waals surface area contributed by atoms with Crippen molar-refractivity contribution in [2.24, 2.45) is 0 Å². The van der Waals surface area contributed by atoms with Gasteiger partial charge in [0.2, 0.25) is 10.0 Å². The van der Waals surface area contributed by atoms with Crippen LogP contribution in [0, 0.1) is 0 Å². The Morgan fingerprint density at radius 1 is 1.16 bits per heavy atom. The minimum Gasteiger partial charge on any atom is -0.493 e. The standard InChI is InChI=1S/C22H24N2O6S2/c1-4-29-19-11-10-16(12-20(19)28-3)21-23-17(14-31-21)13-30-22(25)15(2)24-32(26,27)18-8-6-5-7-9-18/h5-12,14-15,24H,4,13H2,1-3H3/t15-/m0/s1. The predicted octanol–water partition coefficient (Wildman–Crippen LogP) is 3.63. The van der Waals surface area contributed by atoms with E-state index < -0.39 is 22.0 Å². The average Bonchev–Trinajstić information content (AvgIpc) is 3.27. The van der Waals surface area contributed by atoms with Crippen molar-refractivity contribution in [1.82, 2.24) is 9.71 Å². The van der Waals surface area contributed by atoms with Gasteiger partial charge < -0.3 is 14.2 Å². The number of carbonyl (C=O) groups excluding carboxylic acids is 1. The van der Waals surface area contributed by atoms with Crippen LogP contribution < -0.4 is 14.2 Å². The van der Waals surface area contributed by atoms with E-state index in [0.717, 1.165) is 10.6 Å². The van der Waals surface area contributed by atoms with E-state index in [2.05, 4.69) is 9.71 Å². The van der Waals surface area contributed by atoms with Gasteiger partial charge in [0.25, 0.3) is 0 Å². The zero-order valence-corrected chi connectivity index (χ0v) is 19.5. The van der Waals surface area contributed by atoms with E-state index in [1.54, 1.807) is 30.7 Å². The molecular weight excluding hydrogens is 452 g/mol. The molecule has 0 saturated heterocycles. The number of hydrogen-bond donors (Lipinski definition) is 1. The summed E-state index contributed by atoms with van der Waals surface area (Å²) >= 11 is 1.40. The normalized spacial score (nSPS) is 12.2. The fourth-order valence-electron chi connectivity index (χ4n) is 2.80. The molecule has 1 N–H and O–H groups in total. The molecule has 32 heavy (non-hydrogen) atoms. The molecule has 1 aromatic heterocycles. The Kier molecular flexibility index (Phi) is 7.84. The Hall–Kier alpha value is -2.95. The van der Waals surface area contributed by atoms with E-state index in [9.17, 15) is 13.2 Å². The fraction of sp³-hybridized carbons (Fsp3) is 0.273. The maximum absolute atomic E-state index is 12.4. The maximum Gasteiger partial charge on any atom is 0.324 e. The predicted molar refractivity (Wildman–Crippen MR) is 121 cm³/mol. The van der Waals surface area contributed by atoms with Crippen molar-refractivity contribution in [3.63, 3.8) is 0 Å². The third kappa shape index (κ3) is 5.84. The van der Waals surface area contributed by atoms with Crippen molar-refractivity contribution >= 4 is 27.3 Å². The molecule has 10 heteroatoms. The van der Waals surface area contributed by atoms with Crippen LogP contribution in [0.25, 0.3) is 10.6 Å². The van der Waals surface area contributed by atoms with E-state index in [-0.39, 0.29) is 11.5 Å². The highest BCUT2D eigenvalue weighted by atomic mass is 32.2. The molecule has 0 unspecified atom stereocenters. The number of sulfonamides is 1. The maximum atomic E-state index is 12.4. The third-order valence-corrected chi connectivity index (χ3v) is 6.86. The molecule has 1 heterocycles. The van der Waals surface area contributed by atoms with E-state index in [1.807, 2.05) is 25.1 Å². The Morgan fingerprint density at radius 3 is 2.59 bits per heavy atom. The summed E-state index contributed by atoms with van der Waals surface area (Å²) in [6, 6.07) is 12.3. The van der Waals surface area contributed by atoms with Crippen LogP contribution in [-0.4, -0.2) is 39.1 Å². The van der Waals surface area contributed by atoms with Gasteiger partial charge in [-0.05, 0) is 44.2 Å². The number of hydrogen-bond acceptors (Lipinski definition) is 8. The van der Waals surface area contributed by atoms with Crippen molar-refractivity contribution in [3.8, 4) is 22.1 Å². The lowest BCUT2D eigenvalue weighted by atomic mass is 10.2. The highest BCUT2D eigenvalue weighted by Gasteiger charge is 2.23. The molecule has 0 bridgehead atoms. The summed E-state index contributed by atoms with van der Waals surface area (Å²) in [6.45, 7) is 3.79. The monoisotopic (exact) mass is 476 g/mol. The lowest BCUT2D eigenvalue weighted by Crippen LogP contribution is -2.39. The van der Waals surface area contributed by atoms with E-state index in [0.29, 0.717) is 23.8 Å². The zero-order chi connectivity index (χ0) is 23.1. The summed E-state index contributed by atoms with van der Waals surface area (Å²) in [6.07, 6.45) is 0. The Bertz CT molecular complexity index is 1160. The number of ether oxygens (including phenoxy) is 3. The number of thiazole rings is 1. The molecule has 0 aliphatic heterocycles. The summed E-state index contributed by atoms with van der Waals surface area (Å²) in [5.74, 6) is 0.560.